The number of aromatic hydroxyl groups is 1. The second-order valence-electron chi connectivity index (χ2n) is 2.78. The normalized spacial score (nSPS) is 11.3. The van der Waals surface area contributed by atoms with Crippen molar-refractivity contribution in [2.24, 2.45) is 0 Å². The number of benzene rings is 1. The van der Waals surface area contributed by atoms with Gasteiger partial charge in [-0.25, -0.2) is 0 Å². The average molecular weight is 176 g/mol. The van der Waals surface area contributed by atoms with Gasteiger partial charge in [-0.15, -0.1) is 0 Å². The Kier molecular flexibility index (Phi) is 3.26. The molecule has 0 amide bonds. The Bertz CT molecular complexity index is 309. The van der Waals surface area contributed by atoms with Crippen LogP contribution in [0.5, 0.6) is 5.75 Å². The van der Waals surface area contributed by atoms with Crippen molar-refractivity contribution >= 4 is 12.4 Å². The van der Waals surface area contributed by atoms with Gasteiger partial charge in [0.2, 0.25) is 0 Å². The summed E-state index contributed by atoms with van der Waals surface area (Å²) in [7, 11) is 0. The Balaban J connectivity index is 2.90. The van der Waals surface area contributed by atoms with Gasteiger partial charge in [-0.1, -0.05) is 19.1 Å². The molecule has 0 aromatic heterocycles. The smallest absolute Gasteiger partial charge is 0.146 e. The molecule has 0 radical (unpaired) electrons. The van der Waals surface area contributed by atoms with Crippen LogP contribution in [0.3, 0.4) is 0 Å². The van der Waals surface area contributed by atoms with Crippen LogP contribution < -0.4 is 0 Å². The van der Waals surface area contributed by atoms with Crippen molar-refractivity contribution in [2.75, 3.05) is 0 Å². The van der Waals surface area contributed by atoms with Crippen molar-refractivity contribution in [2.45, 2.75) is 13.3 Å². The van der Waals surface area contributed by atoms with Gasteiger partial charge in [0.1, 0.15) is 12.0 Å². The lowest BCUT2D eigenvalue weighted by molar-refractivity contribution is -0.104. The van der Waals surface area contributed by atoms with Crippen molar-refractivity contribution in [3.8, 4) is 5.75 Å². The molecule has 68 valence electrons. The first-order valence-corrected chi connectivity index (χ1v) is 4.21. The summed E-state index contributed by atoms with van der Waals surface area (Å²) < 4.78 is 0. The van der Waals surface area contributed by atoms with Crippen molar-refractivity contribution < 1.29 is 9.90 Å². The van der Waals surface area contributed by atoms with Gasteiger partial charge in [-0.05, 0) is 35.8 Å². The molecule has 0 atom stereocenters. The maximum Gasteiger partial charge on any atom is 0.146 e. The highest BCUT2D eigenvalue weighted by Gasteiger charge is 1.92. The van der Waals surface area contributed by atoms with E-state index in [1.165, 1.54) is 0 Å². The van der Waals surface area contributed by atoms with Crippen LogP contribution in [0.15, 0.2) is 29.8 Å². The molecule has 0 unspecified atom stereocenters. The molecule has 1 N–H and O–H groups in total. The molecule has 0 heterocycles. The molecule has 0 aliphatic heterocycles. The maximum absolute atomic E-state index is 10.5. The number of carbonyl (C=O) groups is 1. The van der Waals surface area contributed by atoms with E-state index in [9.17, 15) is 4.79 Å². The van der Waals surface area contributed by atoms with E-state index in [1.54, 1.807) is 24.3 Å². The summed E-state index contributed by atoms with van der Waals surface area (Å²) in [6.45, 7) is 1.93. The zero-order valence-corrected chi connectivity index (χ0v) is 7.53. The summed E-state index contributed by atoms with van der Waals surface area (Å²) in [4.78, 5) is 10.5. The molecule has 0 spiro atoms. The zero-order valence-electron chi connectivity index (χ0n) is 7.53. The Morgan fingerprint density at radius 2 is 2.00 bits per heavy atom. The molecular weight excluding hydrogens is 164 g/mol. The van der Waals surface area contributed by atoms with E-state index in [2.05, 4.69) is 0 Å². The fourth-order valence-corrected chi connectivity index (χ4v) is 1.00. The lowest BCUT2D eigenvalue weighted by Crippen LogP contribution is -1.81. The summed E-state index contributed by atoms with van der Waals surface area (Å²) in [5, 5.41) is 9.01. The summed E-state index contributed by atoms with van der Waals surface area (Å²) in [5.41, 5.74) is 1.69. The van der Waals surface area contributed by atoms with E-state index in [0.717, 1.165) is 23.8 Å². The molecule has 0 fully saturated rings. The van der Waals surface area contributed by atoms with Crippen molar-refractivity contribution in [1.82, 2.24) is 0 Å². The molecule has 0 saturated carbocycles. The van der Waals surface area contributed by atoms with Crippen LogP contribution >= 0.6 is 0 Å². The summed E-state index contributed by atoms with van der Waals surface area (Å²) >= 11 is 0. The van der Waals surface area contributed by atoms with Crippen LogP contribution in [0.1, 0.15) is 18.9 Å². The van der Waals surface area contributed by atoms with Crippen LogP contribution in [0.4, 0.5) is 0 Å². The number of allylic oxidation sites excluding steroid dienone is 1. The van der Waals surface area contributed by atoms with Gasteiger partial charge < -0.3 is 5.11 Å². The number of phenolic OH excluding ortho intramolecular Hbond substituents is 1. The van der Waals surface area contributed by atoms with Gasteiger partial charge in [0.15, 0.2) is 0 Å². The van der Waals surface area contributed by atoms with E-state index in [-0.39, 0.29) is 5.75 Å². The lowest BCUT2D eigenvalue weighted by Gasteiger charge is -1.96. The third-order valence-corrected chi connectivity index (χ3v) is 1.80. The maximum atomic E-state index is 10.5. The number of aldehydes is 1. The van der Waals surface area contributed by atoms with Crippen molar-refractivity contribution in [3.63, 3.8) is 0 Å². The first-order chi connectivity index (χ1) is 6.26. The number of hydrogen-bond donors (Lipinski definition) is 1. The van der Waals surface area contributed by atoms with Gasteiger partial charge in [0, 0.05) is 0 Å². The van der Waals surface area contributed by atoms with E-state index in [4.69, 9.17) is 5.11 Å². The van der Waals surface area contributed by atoms with Gasteiger partial charge in [-0.2, -0.15) is 0 Å². The molecule has 1 rings (SSSR count). The number of carbonyl (C=O) groups excluding carboxylic acids is 1. The van der Waals surface area contributed by atoms with Crippen molar-refractivity contribution in [3.05, 3.63) is 35.4 Å². The van der Waals surface area contributed by atoms with Crippen LogP contribution in [-0.4, -0.2) is 11.4 Å². The van der Waals surface area contributed by atoms with E-state index in [1.807, 2.05) is 13.0 Å². The number of phenols is 1. The van der Waals surface area contributed by atoms with Crippen LogP contribution in [-0.2, 0) is 4.79 Å². The zero-order chi connectivity index (χ0) is 9.68. The SMILES string of the molecule is CCC(C=O)=Cc1ccc(O)cc1. The van der Waals surface area contributed by atoms with E-state index < -0.39 is 0 Å². The van der Waals surface area contributed by atoms with Gasteiger partial charge >= 0.3 is 0 Å². The van der Waals surface area contributed by atoms with Crippen molar-refractivity contribution in [1.29, 1.82) is 0 Å². The minimum Gasteiger partial charge on any atom is -0.508 e. The highest BCUT2D eigenvalue weighted by atomic mass is 16.3. The molecule has 1 aromatic carbocycles. The molecule has 0 bridgehead atoms. The summed E-state index contributed by atoms with van der Waals surface area (Å²) in [5.74, 6) is 0.237. The Labute approximate surface area is 77.5 Å². The quantitative estimate of drug-likeness (QED) is 0.567. The predicted octanol–water partition coefficient (Wildman–Crippen LogP) is 2.38. The molecule has 2 heteroatoms. The fourth-order valence-electron chi connectivity index (χ4n) is 1.00. The van der Waals surface area contributed by atoms with Gasteiger partial charge in [-0.3, -0.25) is 4.79 Å². The monoisotopic (exact) mass is 176 g/mol. The standard InChI is InChI=1S/C11H12O2/c1-2-9(8-12)7-10-3-5-11(13)6-4-10/h3-8,13H,2H2,1H3. The van der Waals surface area contributed by atoms with Gasteiger partial charge in [0.05, 0.1) is 0 Å². The summed E-state index contributed by atoms with van der Waals surface area (Å²) in [6, 6.07) is 6.75. The minimum absolute atomic E-state index is 0.237. The first-order valence-electron chi connectivity index (χ1n) is 4.21. The van der Waals surface area contributed by atoms with Crippen LogP contribution in [0.2, 0.25) is 0 Å². The van der Waals surface area contributed by atoms with Crippen LogP contribution in [0.25, 0.3) is 6.08 Å². The van der Waals surface area contributed by atoms with Gasteiger partial charge in [0.25, 0.3) is 0 Å². The molecule has 13 heavy (non-hydrogen) atoms. The highest BCUT2D eigenvalue weighted by Crippen LogP contribution is 2.12. The van der Waals surface area contributed by atoms with E-state index >= 15 is 0 Å². The topological polar surface area (TPSA) is 37.3 Å². The highest BCUT2D eigenvalue weighted by molar-refractivity contribution is 5.81. The number of rotatable bonds is 3. The second-order valence-corrected chi connectivity index (χ2v) is 2.78. The second kappa shape index (κ2) is 4.45. The molecule has 1 aromatic rings. The molecular formula is C11H12O2. The molecule has 0 saturated heterocycles. The summed E-state index contributed by atoms with van der Waals surface area (Å²) in [6.07, 6.45) is 3.39. The van der Waals surface area contributed by atoms with E-state index in [0.29, 0.717) is 0 Å². The lowest BCUT2D eigenvalue weighted by atomic mass is 10.1. The molecule has 2 nitrogen and oxygen atoms in total. The molecule has 0 aliphatic carbocycles. The first kappa shape index (κ1) is 9.52. The third kappa shape index (κ3) is 2.75. The predicted molar refractivity (Wildman–Crippen MR) is 52.4 cm³/mol. The van der Waals surface area contributed by atoms with Crippen LogP contribution in [0, 0.1) is 0 Å². The number of hydrogen-bond acceptors (Lipinski definition) is 2. The third-order valence-electron chi connectivity index (χ3n) is 1.80. The Hall–Kier alpha value is -1.57. The molecule has 0 aliphatic rings. The minimum atomic E-state index is 0.237. The Morgan fingerprint density at radius 3 is 2.46 bits per heavy atom. The Morgan fingerprint density at radius 1 is 1.38 bits per heavy atom. The largest absolute Gasteiger partial charge is 0.508 e. The average Bonchev–Trinajstić information content (AvgIpc) is 2.17. The fraction of sp³-hybridized carbons (Fsp3) is 0.182.